The lowest BCUT2D eigenvalue weighted by Gasteiger charge is -2.25. The van der Waals surface area contributed by atoms with Gasteiger partial charge in [-0.3, -0.25) is 4.79 Å². The van der Waals surface area contributed by atoms with Crippen LogP contribution in [0.15, 0.2) is 53.4 Å². The molecule has 0 heterocycles. The molecule has 6 nitrogen and oxygen atoms in total. The highest BCUT2D eigenvalue weighted by Crippen LogP contribution is 2.32. The molecule has 1 aliphatic rings. The molecule has 0 unspecified atom stereocenters. The van der Waals surface area contributed by atoms with E-state index < -0.39 is 21.5 Å². The predicted octanol–water partition coefficient (Wildman–Crippen LogP) is 1.60. The van der Waals surface area contributed by atoms with Crippen LogP contribution in [0.25, 0.3) is 0 Å². The van der Waals surface area contributed by atoms with E-state index in [2.05, 4.69) is 4.72 Å². The maximum Gasteiger partial charge on any atom is 0.325 e. The Morgan fingerprint density at radius 1 is 1.08 bits per heavy atom. The van der Waals surface area contributed by atoms with E-state index in [1.54, 1.807) is 0 Å². The fraction of sp³-hybridized carbons (Fsp3) is 0.235. The molecule has 24 heavy (non-hydrogen) atoms. The minimum atomic E-state index is -3.98. The van der Waals surface area contributed by atoms with E-state index in [1.807, 2.05) is 24.3 Å². The van der Waals surface area contributed by atoms with Gasteiger partial charge in [-0.15, -0.1) is 0 Å². The minimum absolute atomic E-state index is 0.000110. The Labute approximate surface area is 140 Å². The predicted molar refractivity (Wildman–Crippen MR) is 87.5 cm³/mol. The zero-order chi connectivity index (χ0) is 17.4. The number of rotatable bonds is 5. The molecule has 0 saturated heterocycles. The molecule has 3 rings (SSSR count). The van der Waals surface area contributed by atoms with Crippen molar-refractivity contribution in [3.63, 3.8) is 0 Å². The lowest BCUT2D eigenvalue weighted by Crippen LogP contribution is -2.55. The zero-order valence-electron chi connectivity index (χ0n) is 13.0. The standard InChI is InChI=1S/C17H17NO5S/c1-23-14-6-8-15(9-7-14)24(21,22)18-17(16(19)20)10-12-4-2-3-5-13(12)11-17/h2-9,18H,10-11H2,1H3,(H,19,20). The summed E-state index contributed by atoms with van der Waals surface area (Å²) in [6, 6.07) is 13.1. The molecule has 0 aliphatic heterocycles. The highest BCUT2D eigenvalue weighted by molar-refractivity contribution is 7.89. The summed E-state index contributed by atoms with van der Waals surface area (Å²) in [7, 11) is -2.49. The molecule has 0 aromatic heterocycles. The van der Waals surface area contributed by atoms with Gasteiger partial charge in [0.2, 0.25) is 10.0 Å². The Kier molecular flexibility index (Phi) is 4.06. The van der Waals surface area contributed by atoms with Crippen LogP contribution >= 0.6 is 0 Å². The van der Waals surface area contributed by atoms with E-state index in [9.17, 15) is 18.3 Å². The highest BCUT2D eigenvalue weighted by Gasteiger charge is 2.47. The van der Waals surface area contributed by atoms with Gasteiger partial charge in [-0.25, -0.2) is 8.42 Å². The van der Waals surface area contributed by atoms with Gasteiger partial charge in [-0.2, -0.15) is 4.72 Å². The van der Waals surface area contributed by atoms with Crippen LogP contribution in [-0.4, -0.2) is 32.1 Å². The Hall–Kier alpha value is -2.38. The third kappa shape index (κ3) is 2.88. The Bertz CT molecular complexity index is 849. The second kappa shape index (κ2) is 5.92. The maximum absolute atomic E-state index is 12.6. The Morgan fingerprint density at radius 2 is 1.62 bits per heavy atom. The first kappa shape index (κ1) is 16.5. The first-order valence-electron chi connectivity index (χ1n) is 7.34. The van der Waals surface area contributed by atoms with E-state index in [1.165, 1.54) is 31.4 Å². The number of fused-ring (bicyclic) bond motifs is 1. The van der Waals surface area contributed by atoms with Gasteiger partial charge < -0.3 is 9.84 Å². The van der Waals surface area contributed by atoms with Crippen molar-refractivity contribution in [3.05, 3.63) is 59.7 Å². The molecule has 0 radical (unpaired) electrons. The van der Waals surface area contributed by atoms with Crippen LogP contribution in [-0.2, 0) is 27.7 Å². The van der Waals surface area contributed by atoms with Gasteiger partial charge in [-0.05, 0) is 35.4 Å². The van der Waals surface area contributed by atoms with Gasteiger partial charge in [-0.1, -0.05) is 24.3 Å². The van der Waals surface area contributed by atoms with Crippen LogP contribution in [0.1, 0.15) is 11.1 Å². The molecule has 0 fully saturated rings. The number of carbonyl (C=O) groups is 1. The number of methoxy groups -OCH3 is 1. The fourth-order valence-corrected chi connectivity index (χ4v) is 4.31. The molecule has 0 amide bonds. The smallest absolute Gasteiger partial charge is 0.325 e. The summed E-state index contributed by atoms with van der Waals surface area (Å²) in [6.45, 7) is 0. The number of carboxylic acid groups (broad SMARTS) is 1. The van der Waals surface area contributed by atoms with Crippen molar-refractivity contribution in [1.29, 1.82) is 0 Å². The highest BCUT2D eigenvalue weighted by atomic mass is 32.2. The average molecular weight is 347 g/mol. The summed E-state index contributed by atoms with van der Waals surface area (Å²) in [5.41, 5.74) is 0.122. The van der Waals surface area contributed by atoms with Crippen LogP contribution < -0.4 is 9.46 Å². The summed E-state index contributed by atoms with van der Waals surface area (Å²) < 4.78 is 32.7. The number of carboxylic acids is 1. The third-order valence-electron chi connectivity index (χ3n) is 4.21. The molecule has 126 valence electrons. The molecule has 2 aromatic carbocycles. The molecule has 0 atom stereocenters. The van der Waals surface area contributed by atoms with Gasteiger partial charge in [0.1, 0.15) is 11.3 Å². The quantitative estimate of drug-likeness (QED) is 0.857. The topological polar surface area (TPSA) is 92.7 Å². The van der Waals surface area contributed by atoms with Gasteiger partial charge in [0.05, 0.1) is 12.0 Å². The van der Waals surface area contributed by atoms with Crippen molar-refractivity contribution in [2.24, 2.45) is 0 Å². The van der Waals surface area contributed by atoms with Crippen molar-refractivity contribution < 1.29 is 23.1 Å². The van der Waals surface area contributed by atoms with E-state index >= 15 is 0 Å². The Morgan fingerprint density at radius 3 is 2.08 bits per heavy atom. The summed E-state index contributed by atoms with van der Waals surface area (Å²) in [6.07, 6.45) is 0.238. The summed E-state index contributed by atoms with van der Waals surface area (Å²) in [5.74, 6) is -0.661. The Balaban J connectivity index is 1.93. The first-order chi connectivity index (χ1) is 11.4. The molecule has 0 saturated carbocycles. The number of benzene rings is 2. The van der Waals surface area contributed by atoms with Gasteiger partial charge in [0, 0.05) is 12.8 Å². The lowest BCUT2D eigenvalue weighted by atomic mass is 9.98. The molecule has 1 aliphatic carbocycles. The van der Waals surface area contributed by atoms with Crippen molar-refractivity contribution in [1.82, 2.24) is 4.72 Å². The fourth-order valence-electron chi connectivity index (χ4n) is 2.95. The van der Waals surface area contributed by atoms with Crippen LogP contribution in [0.3, 0.4) is 0 Å². The van der Waals surface area contributed by atoms with E-state index in [0.29, 0.717) is 5.75 Å². The van der Waals surface area contributed by atoms with Gasteiger partial charge in [0.25, 0.3) is 0 Å². The average Bonchev–Trinajstić information content (AvgIpc) is 2.93. The van der Waals surface area contributed by atoms with Crippen LogP contribution in [0, 0.1) is 0 Å². The van der Waals surface area contributed by atoms with E-state index in [4.69, 9.17) is 4.74 Å². The van der Waals surface area contributed by atoms with Crippen LogP contribution in [0.5, 0.6) is 5.75 Å². The normalized spacial score (nSPS) is 15.7. The summed E-state index contributed by atoms with van der Waals surface area (Å²) >= 11 is 0. The first-order valence-corrected chi connectivity index (χ1v) is 8.83. The van der Waals surface area contributed by atoms with Crippen molar-refractivity contribution in [3.8, 4) is 5.75 Å². The molecular weight excluding hydrogens is 330 g/mol. The number of hydrogen-bond donors (Lipinski definition) is 2. The van der Waals surface area contributed by atoms with Crippen molar-refractivity contribution >= 4 is 16.0 Å². The largest absolute Gasteiger partial charge is 0.497 e. The zero-order valence-corrected chi connectivity index (χ0v) is 13.8. The summed E-state index contributed by atoms with van der Waals surface area (Å²) in [5, 5.41) is 9.68. The van der Waals surface area contributed by atoms with Crippen molar-refractivity contribution in [2.75, 3.05) is 7.11 Å². The molecular formula is C17H17NO5S. The second-order valence-electron chi connectivity index (χ2n) is 5.79. The van der Waals surface area contributed by atoms with Crippen LogP contribution in [0.4, 0.5) is 0 Å². The molecule has 0 spiro atoms. The minimum Gasteiger partial charge on any atom is -0.497 e. The van der Waals surface area contributed by atoms with Crippen molar-refractivity contribution in [2.45, 2.75) is 23.3 Å². The maximum atomic E-state index is 12.6. The number of sulfonamides is 1. The SMILES string of the molecule is COc1ccc(S(=O)(=O)NC2(C(=O)O)Cc3ccccc3C2)cc1. The third-order valence-corrected chi connectivity index (χ3v) is 5.76. The second-order valence-corrected chi connectivity index (χ2v) is 7.47. The monoisotopic (exact) mass is 347 g/mol. The number of hydrogen-bond acceptors (Lipinski definition) is 4. The van der Waals surface area contributed by atoms with E-state index in [-0.39, 0.29) is 17.7 Å². The molecule has 2 N–H and O–H groups in total. The van der Waals surface area contributed by atoms with Crippen LogP contribution in [0.2, 0.25) is 0 Å². The van der Waals surface area contributed by atoms with Gasteiger partial charge in [0.15, 0.2) is 0 Å². The number of aliphatic carboxylic acids is 1. The summed E-state index contributed by atoms with van der Waals surface area (Å²) in [4.78, 5) is 11.9. The molecule has 0 bridgehead atoms. The number of nitrogens with one attached hydrogen (secondary N) is 1. The molecule has 7 heteroatoms. The van der Waals surface area contributed by atoms with Gasteiger partial charge >= 0.3 is 5.97 Å². The lowest BCUT2D eigenvalue weighted by molar-refractivity contribution is -0.143. The number of ether oxygens (including phenoxy) is 1. The molecule has 2 aromatic rings. The van der Waals surface area contributed by atoms with E-state index in [0.717, 1.165) is 11.1 Å².